The van der Waals surface area contributed by atoms with Crippen LogP contribution in [0.2, 0.25) is 0 Å². The van der Waals surface area contributed by atoms with Gasteiger partial charge in [0.25, 0.3) is 5.89 Å². The van der Waals surface area contributed by atoms with Gasteiger partial charge >= 0.3 is 0 Å². The van der Waals surface area contributed by atoms with Gasteiger partial charge in [-0.15, -0.1) is 0 Å². The second-order valence-electron chi connectivity index (χ2n) is 5.02. The maximum absolute atomic E-state index is 13.5. The summed E-state index contributed by atoms with van der Waals surface area (Å²) in [6, 6.07) is 4.59. The molecule has 114 valence electrons. The number of aromatic nitrogens is 2. The van der Waals surface area contributed by atoms with Crippen molar-refractivity contribution in [1.29, 1.82) is 0 Å². The van der Waals surface area contributed by atoms with Crippen molar-refractivity contribution in [2.24, 2.45) is 5.73 Å². The lowest BCUT2D eigenvalue weighted by molar-refractivity contribution is 0.0867. The molecule has 1 aromatic carbocycles. The SMILES string of the molecule is CCCOCC(C)(N)c1noc(-c2ccc(Br)c(F)c2)n1. The predicted molar refractivity (Wildman–Crippen MR) is 80.0 cm³/mol. The standard InChI is InChI=1S/C14H17BrFN3O2/c1-3-6-20-8-14(2,17)13-18-12(21-19-13)9-4-5-10(15)11(16)7-9/h4-5,7H,3,6,8,17H2,1-2H3. The summed E-state index contributed by atoms with van der Waals surface area (Å²) < 4.78 is 24.5. The van der Waals surface area contributed by atoms with Crippen LogP contribution >= 0.6 is 15.9 Å². The van der Waals surface area contributed by atoms with Crippen molar-refractivity contribution in [3.63, 3.8) is 0 Å². The smallest absolute Gasteiger partial charge is 0.258 e. The second kappa shape index (κ2) is 6.64. The van der Waals surface area contributed by atoms with Crippen LogP contribution in [0.3, 0.4) is 0 Å². The minimum Gasteiger partial charge on any atom is -0.379 e. The third-order valence-electron chi connectivity index (χ3n) is 2.85. The molecule has 1 unspecified atom stereocenters. The zero-order valence-electron chi connectivity index (χ0n) is 11.9. The lowest BCUT2D eigenvalue weighted by Crippen LogP contribution is -2.39. The Kier molecular flexibility index (Phi) is 5.08. The Morgan fingerprint density at radius 3 is 2.90 bits per heavy atom. The van der Waals surface area contributed by atoms with Crippen LogP contribution < -0.4 is 5.73 Å². The van der Waals surface area contributed by atoms with Crippen molar-refractivity contribution in [2.45, 2.75) is 25.8 Å². The number of ether oxygens (including phenoxy) is 1. The van der Waals surface area contributed by atoms with Crippen LogP contribution in [0.4, 0.5) is 4.39 Å². The van der Waals surface area contributed by atoms with E-state index in [0.717, 1.165) is 6.42 Å². The molecule has 5 nitrogen and oxygen atoms in total. The van der Waals surface area contributed by atoms with Gasteiger partial charge in [-0.2, -0.15) is 4.98 Å². The van der Waals surface area contributed by atoms with Crippen molar-refractivity contribution in [3.8, 4) is 11.5 Å². The monoisotopic (exact) mass is 357 g/mol. The Morgan fingerprint density at radius 1 is 1.48 bits per heavy atom. The summed E-state index contributed by atoms with van der Waals surface area (Å²) in [6.07, 6.45) is 0.908. The molecule has 0 spiro atoms. The lowest BCUT2D eigenvalue weighted by atomic mass is 10.1. The van der Waals surface area contributed by atoms with Crippen LogP contribution in [0.1, 0.15) is 26.1 Å². The molecule has 0 aliphatic rings. The van der Waals surface area contributed by atoms with Crippen LogP contribution in [-0.4, -0.2) is 23.4 Å². The zero-order chi connectivity index (χ0) is 15.5. The molecule has 2 N–H and O–H groups in total. The molecule has 1 atom stereocenters. The first-order valence-corrected chi connectivity index (χ1v) is 7.39. The minimum absolute atomic E-state index is 0.226. The van der Waals surface area contributed by atoms with Gasteiger partial charge in [0.1, 0.15) is 11.4 Å². The van der Waals surface area contributed by atoms with E-state index in [1.807, 2.05) is 6.92 Å². The van der Waals surface area contributed by atoms with Gasteiger partial charge in [0.15, 0.2) is 5.82 Å². The number of nitrogens with two attached hydrogens (primary N) is 1. The quantitative estimate of drug-likeness (QED) is 0.803. The van der Waals surface area contributed by atoms with Crippen LogP contribution in [-0.2, 0) is 10.3 Å². The number of halogens is 2. The van der Waals surface area contributed by atoms with E-state index in [-0.39, 0.29) is 12.5 Å². The molecule has 0 aliphatic heterocycles. The Labute approximate surface area is 130 Å². The second-order valence-corrected chi connectivity index (χ2v) is 5.88. The van der Waals surface area contributed by atoms with Gasteiger partial charge in [0, 0.05) is 12.2 Å². The van der Waals surface area contributed by atoms with E-state index < -0.39 is 11.4 Å². The number of nitrogens with zero attached hydrogens (tertiary/aromatic N) is 2. The summed E-state index contributed by atoms with van der Waals surface area (Å²) in [7, 11) is 0. The normalized spacial score (nSPS) is 14.1. The zero-order valence-corrected chi connectivity index (χ0v) is 13.5. The summed E-state index contributed by atoms with van der Waals surface area (Å²) >= 11 is 3.10. The van der Waals surface area contributed by atoms with Crippen molar-refractivity contribution in [1.82, 2.24) is 10.1 Å². The molecule has 0 aliphatic carbocycles. The maximum atomic E-state index is 13.5. The number of hydrogen-bond donors (Lipinski definition) is 1. The topological polar surface area (TPSA) is 74.2 Å². The van der Waals surface area contributed by atoms with E-state index in [0.29, 0.717) is 22.5 Å². The van der Waals surface area contributed by atoms with E-state index in [9.17, 15) is 4.39 Å². The maximum Gasteiger partial charge on any atom is 0.258 e. The van der Waals surface area contributed by atoms with Crippen LogP contribution in [0.25, 0.3) is 11.5 Å². The molecule has 7 heteroatoms. The third-order valence-corrected chi connectivity index (χ3v) is 3.50. The number of rotatable bonds is 6. The van der Waals surface area contributed by atoms with Crippen molar-refractivity contribution in [2.75, 3.05) is 13.2 Å². The molecule has 2 rings (SSSR count). The summed E-state index contributed by atoms with van der Waals surface area (Å²) in [4.78, 5) is 4.24. The highest BCUT2D eigenvalue weighted by Crippen LogP contribution is 2.25. The Balaban J connectivity index is 2.18. The summed E-state index contributed by atoms with van der Waals surface area (Å²) in [5, 5.41) is 3.87. The van der Waals surface area contributed by atoms with Crippen molar-refractivity contribution < 1.29 is 13.7 Å². The number of benzene rings is 1. The first-order chi connectivity index (χ1) is 9.94. The molecule has 0 saturated heterocycles. The van der Waals surface area contributed by atoms with Gasteiger partial charge in [-0.1, -0.05) is 12.1 Å². The average Bonchev–Trinajstić information content (AvgIpc) is 2.92. The molecular weight excluding hydrogens is 341 g/mol. The molecule has 0 fully saturated rings. The molecule has 2 aromatic rings. The molecular formula is C14H17BrFN3O2. The van der Waals surface area contributed by atoms with Gasteiger partial charge < -0.3 is 15.0 Å². The molecule has 0 radical (unpaired) electrons. The first kappa shape index (κ1) is 16.1. The Morgan fingerprint density at radius 2 is 2.24 bits per heavy atom. The highest BCUT2D eigenvalue weighted by Gasteiger charge is 2.28. The largest absolute Gasteiger partial charge is 0.379 e. The lowest BCUT2D eigenvalue weighted by Gasteiger charge is -2.19. The molecule has 1 aromatic heterocycles. The highest BCUT2D eigenvalue weighted by molar-refractivity contribution is 9.10. The van der Waals surface area contributed by atoms with Crippen LogP contribution in [0.15, 0.2) is 27.2 Å². The average molecular weight is 358 g/mol. The molecule has 0 bridgehead atoms. The first-order valence-electron chi connectivity index (χ1n) is 6.60. The predicted octanol–water partition coefficient (Wildman–Crippen LogP) is 3.24. The van der Waals surface area contributed by atoms with Crippen LogP contribution in [0.5, 0.6) is 0 Å². The van der Waals surface area contributed by atoms with E-state index >= 15 is 0 Å². The van der Waals surface area contributed by atoms with Crippen molar-refractivity contribution >= 4 is 15.9 Å². The fraction of sp³-hybridized carbons (Fsp3) is 0.429. The van der Waals surface area contributed by atoms with Gasteiger partial charge in [0.2, 0.25) is 0 Å². The van der Waals surface area contributed by atoms with E-state index in [4.69, 9.17) is 15.0 Å². The van der Waals surface area contributed by atoms with E-state index in [1.165, 1.54) is 6.07 Å². The molecule has 1 heterocycles. The van der Waals surface area contributed by atoms with E-state index in [2.05, 4.69) is 26.1 Å². The molecule has 0 amide bonds. The van der Waals surface area contributed by atoms with Gasteiger partial charge in [0.05, 0.1) is 11.1 Å². The third kappa shape index (κ3) is 3.87. The minimum atomic E-state index is -0.856. The molecule has 0 saturated carbocycles. The summed E-state index contributed by atoms with van der Waals surface area (Å²) in [5.74, 6) is 0.162. The highest BCUT2D eigenvalue weighted by atomic mass is 79.9. The Bertz CT molecular complexity index is 616. The van der Waals surface area contributed by atoms with Crippen molar-refractivity contribution in [3.05, 3.63) is 34.3 Å². The van der Waals surface area contributed by atoms with Gasteiger partial charge in [-0.3, -0.25) is 0 Å². The summed E-state index contributed by atoms with van der Waals surface area (Å²) in [5.41, 5.74) is 5.78. The van der Waals surface area contributed by atoms with Crippen LogP contribution in [0, 0.1) is 5.82 Å². The van der Waals surface area contributed by atoms with Gasteiger partial charge in [-0.25, -0.2) is 4.39 Å². The van der Waals surface area contributed by atoms with Gasteiger partial charge in [-0.05, 0) is 47.5 Å². The fourth-order valence-electron chi connectivity index (χ4n) is 1.69. The summed E-state index contributed by atoms with van der Waals surface area (Å²) in [6.45, 7) is 4.69. The number of hydrogen-bond acceptors (Lipinski definition) is 5. The molecule has 21 heavy (non-hydrogen) atoms. The fourth-order valence-corrected chi connectivity index (χ4v) is 1.94. The Hall–Kier alpha value is -1.31. The van der Waals surface area contributed by atoms with E-state index in [1.54, 1.807) is 19.1 Å².